The zero-order chi connectivity index (χ0) is 23.6. The number of hydrogen-bond acceptors (Lipinski definition) is 6. The lowest BCUT2D eigenvalue weighted by Crippen LogP contribution is -2.72. The summed E-state index contributed by atoms with van der Waals surface area (Å²) >= 11 is 12.2. The summed E-state index contributed by atoms with van der Waals surface area (Å²) in [6, 6.07) is 4.49. The zero-order valence-electron chi connectivity index (χ0n) is 18.8. The van der Waals surface area contributed by atoms with E-state index in [0.29, 0.717) is 23.2 Å². The highest BCUT2D eigenvalue weighted by molar-refractivity contribution is 7.89. The average molecular weight is 520 g/mol. The first-order valence-corrected chi connectivity index (χ1v) is 13.7. The van der Waals surface area contributed by atoms with Gasteiger partial charge in [0, 0.05) is 20.2 Å². The molecular formula is C22H31Cl2N3O5S. The number of fused-ring (bicyclic) bond motifs is 1. The van der Waals surface area contributed by atoms with Gasteiger partial charge in [-0.3, -0.25) is 9.69 Å². The minimum absolute atomic E-state index is 0.0376. The molecule has 33 heavy (non-hydrogen) atoms. The predicted molar refractivity (Wildman–Crippen MR) is 127 cm³/mol. The number of amides is 1. The summed E-state index contributed by atoms with van der Waals surface area (Å²) in [5.41, 5.74) is 0.783. The molecule has 0 unspecified atom stereocenters. The van der Waals surface area contributed by atoms with Crippen molar-refractivity contribution in [3.63, 3.8) is 0 Å². The lowest BCUT2D eigenvalue weighted by Gasteiger charge is -2.53. The van der Waals surface area contributed by atoms with Crippen molar-refractivity contribution in [2.75, 3.05) is 58.9 Å². The van der Waals surface area contributed by atoms with Gasteiger partial charge in [-0.05, 0) is 43.6 Å². The Morgan fingerprint density at radius 1 is 1.09 bits per heavy atom. The topological polar surface area (TPSA) is 79.4 Å². The van der Waals surface area contributed by atoms with E-state index in [1.54, 1.807) is 22.5 Å². The van der Waals surface area contributed by atoms with Crippen molar-refractivity contribution in [2.24, 2.45) is 0 Å². The van der Waals surface area contributed by atoms with Crippen molar-refractivity contribution in [1.29, 1.82) is 0 Å². The number of carbonyl (C=O) groups excluding carboxylic acids is 1. The van der Waals surface area contributed by atoms with Crippen molar-refractivity contribution < 1.29 is 22.7 Å². The summed E-state index contributed by atoms with van der Waals surface area (Å²) in [6.07, 6.45) is 2.38. The molecule has 11 heteroatoms. The maximum atomic E-state index is 13.5. The standard InChI is InChI=1S/C22H31Cl2N3O5S/c1-31-10-11-33(29,30)27-9-8-26(21(28)13-16-4-5-17(23)18(24)12-16)22-19(14-32-15-20(22)27)25-6-2-3-7-25/h4-5,12,19-20,22H,2-3,6-11,13-15H2,1H3/t19-,20+,22+/m1/s1. The lowest BCUT2D eigenvalue weighted by molar-refractivity contribution is -0.147. The number of benzene rings is 1. The van der Waals surface area contributed by atoms with Crippen LogP contribution >= 0.6 is 23.2 Å². The minimum Gasteiger partial charge on any atom is -0.384 e. The number of rotatable bonds is 7. The highest BCUT2D eigenvalue weighted by Crippen LogP contribution is 2.32. The quantitative estimate of drug-likeness (QED) is 0.547. The summed E-state index contributed by atoms with van der Waals surface area (Å²) in [6.45, 7) is 3.35. The van der Waals surface area contributed by atoms with Crippen LogP contribution in [0.2, 0.25) is 10.0 Å². The molecule has 184 valence electrons. The number of likely N-dealkylation sites (tertiary alicyclic amines) is 1. The van der Waals surface area contributed by atoms with Crippen LogP contribution < -0.4 is 0 Å². The van der Waals surface area contributed by atoms with Gasteiger partial charge in [0.1, 0.15) is 0 Å². The van der Waals surface area contributed by atoms with Gasteiger partial charge in [0.25, 0.3) is 0 Å². The Labute approximate surface area is 205 Å². The largest absolute Gasteiger partial charge is 0.384 e. The first-order chi connectivity index (χ1) is 15.8. The molecule has 0 bridgehead atoms. The summed E-state index contributed by atoms with van der Waals surface area (Å²) in [5.74, 6) is -0.123. The van der Waals surface area contributed by atoms with Crippen LogP contribution in [-0.2, 0) is 30.7 Å². The van der Waals surface area contributed by atoms with Crippen molar-refractivity contribution in [3.05, 3.63) is 33.8 Å². The normalized spacial score (nSPS) is 27.0. The number of hydrogen-bond donors (Lipinski definition) is 0. The number of halogens is 2. The molecule has 0 spiro atoms. The van der Waals surface area contributed by atoms with Gasteiger partial charge in [-0.2, -0.15) is 4.31 Å². The molecule has 3 atom stereocenters. The van der Waals surface area contributed by atoms with Crippen molar-refractivity contribution >= 4 is 39.1 Å². The fraction of sp³-hybridized carbons (Fsp3) is 0.682. The van der Waals surface area contributed by atoms with E-state index in [1.807, 2.05) is 4.90 Å². The van der Waals surface area contributed by atoms with Gasteiger partial charge in [-0.25, -0.2) is 8.42 Å². The molecule has 8 nitrogen and oxygen atoms in total. The highest BCUT2D eigenvalue weighted by atomic mass is 35.5. The molecule has 3 fully saturated rings. The van der Waals surface area contributed by atoms with E-state index < -0.39 is 16.1 Å². The minimum atomic E-state index is -3.54. The van der Waals surface area contributed by atoms with Gasteiger partial charge in [-0.15, -0.1) is 0 Å². The maximum Gasteiger partial charge on any atom is 0.227 e. The number of carbonyl (C=O) groups is 1. The molecular weight excluding hydrogens is 489 g/mol. The summed E-state index contributed by atoms with van der Waals surface area (Å²) in [4.78, 5) is 17.7. The number of nitrogens with zero attached hydrogens (tertiary/aromatic N) is 3. The van der Waals surface area contributed by atoms with Gasteiger partial charge in [0.15, 0.2) is 0 Å². The van der Waals surface area contributed by atoms with E-state index in [9.17, 15) is 13.2 Å². The van der Waals surface area contributed by atoms with Crippen LogP contribution in [0.3, 0.4) is 0 Å². The Morgan fingerprint density at radius 3 is 2.52 bits per heavy atom. The average Bonchev–Trinajstić information content (AvgIpc) is 3.33. The lowest BCUT2D eigenvalue weighted by atomic mass is 9.92. The second-order valence-corrected chi connectivity index (χ2v) is 11.7. The van der Waals surface area contributed by atoms with Crippen LogP contribution in [0.1, 0.15) is 18.4 Å². The van der Waals surface area contributed by atoms with E-state index in [-0.39, 0.29) is 49.9 Å². The molecule has 4 rings (SSSR count). The van der Waals surface area contributed by atoms with Crippen molar-refractivity contribution in [2.45, 2.75) is 37.4 Å². The fourth-order valence-corrected chi connectivity index (χ4v) is 7.11. The second-order valence-electron chi connectivity index (χ2n) is 8.84. The second kappa shape index (κ2) is 10.8. The van der Waals surface area contributed by atoms with Crippen LogP contribution in [0.4, 0.5) is 0 Å². The number of sulfonamides is 1. The van der Waals surface area contributed by atoms with E-state index >= 15 is 0 Å². The molecule has 0 N–H and O–H groups in total. The molecule has 0 aliphatic carbocycles. The summed E-state index contributed by atoms with van der Waals surface area (Å²) in [7, 11) is -2.05. The van der Waals surface area contributed by atoms with Crippen LogP contribution in [0, 0.1) is 0 Å². The molecule has 3 aliphatic heterocycles. The third kappa shape index (κ3) is 5.50. The summed E-state index contributed by atoms with van der Waals surface area (Å²) < 4.78 is 38.7. The van der Waals surface area contributed by atoms with Crippen LogP contribution in [0.25, 0.3) is 0 Å². The Kier molecular flexibility index (Phi) is 8.21. The first kappa shape index (κ1) is 25.2. The molecule has 3 aliphatic rings. The number of methoxy groups -OCH3 is 1. The predicted octanol–water partition coefficient (Wildman–Crippen LogP) is 1.89. The summed E-state index contributed by atoms with van der Waals surface area (Å²) in [5, 5.41) is 0.858. The number of ether oxygens (including phenoxy) is 2. The van der Waals surface area contributed by atoms with Gasteiger partial charge in [0.05, 0.1) is 60.2 Å². The Balaban J connectivity index is 1.61. The van der Waals surface area contributed by atoms with E-state index in [2.05, 4.69) is 4.90 Å². The zero-order valence-corrected chi connectivity index (χ0v) is 21.1. The Bertz CT molecular complexity index is 957. The molecule has 0 aromatic heterocycles. The molecule has 1 aromatic carbocycles. The molecule has 0 saturated carbocycles. The van der Waals surface area contributed by atoms with Gasteiger partial charge in [-0.1, -0.05) is 29.3 Å². The van der Waals surface area contributed by atoms with Crippen molar-refractivity contribution in [1.82, 2.24) is 14.1 Å². The Morgan fingerprint density at radius 2 is 1.82 bits per heavy atom. The SMILES string of the molecule is COCCS(=O)(=O)N1CCN(C(=O)Cc2ccc(Cl)c(Cl)c2)[C@H]2[C@H](N3CCCC3)COC[C@@H]21. The van der Waals surface area contributed by atoms with Gasteiger partial charge in [0.2, 0.25) is 15.9 Å². The van der Waals surface area contributed by atoms with E-state index in [1.165, 1.54) is 7.11 Å². The van der Waals surface area contributed by atoms with E-state index in [0.717, 1.165) is 31.5 Å². The molecule has 1 amide bonds. The number of piperazine rings is 1. The van der Waals surface area contributed by atoms with Crippen LogP contribution in [-0.4, -0.2) is 105 Å². The highest BCUT2D eigenvalue weighted by Gasteiger charge is 2.50. The van der Waals surface area contributed by atoms with Gasteiger partial charge >= 0.3 is 0 Å². The molecule has 3 heterocycles. The molecule has 0 radical (unpaired) electrons. The Hall–Kier alpha value is -0.940. The van der Waals surface area contributed by atoms with Crippen molar-refractivity contribution in [3.8, 4) is 0 Å². The maximum absolute atomic E-state index is 13.5. The monoisotopic (exact) mass is 519 g/mol. The fourth-order valence-electron chi connectivity index (χ4n) is 5.22. The molecule has 1 aromatic rings. The van der Waals surface area contributed by atoms with Crippen LogP contribution in [0.5, 0.6) is 0 Å². The molecule has 3 saturated heterocycles. The third-order valence-electron chi connectivity index (χ3n) is 6.83. The smallest absolute Gasteiger partial charge is 0.227 e. The van der Waals surface area contributed by atoms with E-state index in [4.69, 9.17) is 32.7 Å². The van der Waals surface area contributed by atoms with Gasteiger partial charge < -0.3 is 14.4 Å². The first-order valence-electron chi connectivity index (χ1n) is 11.4. The third-order valence-corrected chi connectivity index (χ3v) is 9.42. The van der Waals surface area contributed by atoms with Crippen LogP contribution in [0.15, 0.2) is 18.2 Å².